The molecule has 2 heterocycles. The lowest BCUT2D eigenvalue weighted by Crippen LogP contribution is -2.06. The van der Waals surface area contributed by atoms with Gasteiger partial charge in [0.05, 0.1) is 24.7 Å². The maximum absolute atomic E-state index is 11.3. The molecule has 0 aromatic heterocycles. The van der Waals surface area contributed by atoms with Crippen LogP contribution in [0, 0.1) is 11.8 Å². The van der Waals surface area contributed by atoms with Gasteiger partial charge in [0.25, 0.3) is 0 Å². The predicted molar refractivity (Wildman–Crippen MR) is 207 cm³/mol. The van der Waals surface area contributed by atoms with E-state index in [0.29, 0.717) is 12.8 Å². The summed E-state index contributed by atoms with van der Waals surface area (Å²) in [7, 11) is 0. The predicted octanol–water partition coefficient (Wildman–Crippen LogP) is 13.0. The lowest BCUT2D eigenvalue weighted by atomic mass is 9.98. The molecule has 0 spiro atoms. The number of carbonyl (C=O) groups excluding carboxylic acids is 4. The summed E-state index contributed by atoms with van der Waals surface area (Å²) >= 11 is 0. The number of cyclic esters (lactones) is 4. The maximum Gasteiger partial charge on any atom is 0.317 e. The zero-order valence-electron chi connectivity index (χ0n) is 32.5. The molecule has 0 bridgehead atoms. The van der Waals surface area contributed by atoms with Crippen LogP contribution in [0.1, 0.15) is 219 Å². The zero-order chi connectivity index (χ0) is 36.3. The van der Waals surface area contributed by atoms with Gasteiger partial charge in [0.15, 0.2) is 0 Å². The van der Waals surface area contributed by atoms with Crippen molar-refractivity contribution in [1.29, 1.82) is 0 Å². The number of unbranched alkanes of at least 4 members (excludes halogenated alkanes) is 24. The Balaban J connectivity index is 0.000000500. The van der Waals surface area contributed by atoms with E-state index >= 15 is 0 Å². The Morgan fingerprint density at radius 2 is 0.680 bits per heavy atom. The minimum atomic E-state index is -0.345. The van der Waals surface area contributed by atoms with Gasteiger partial charge in [0, 0.05) is 0 Å². The molecule has 0 amide bonds. The Kier molecular flexibility index (Phi) is 31.0. The van der Waals surface area contributed by atoms with E-state index in [0.717, 1.165) is 25.7 Å². The second-order valence-corrected chi connectivity index (χ2v) is 14.8. The van der Waals surface area contributed by atoms with Gasteiger partial charge in [-0.05, 0) is 57.8 Å². The van der Waals surface area contributed by atoms with E-state index in [4.69, 9.17) is 0 Å². The largest absolute Gasteiger partial charge is 0.393 e. The Bertz CT molecular complexity index is 921. The number of hydrogen-bond acceptors (Lipinski definition) is 6. The fourth-order valence-corrected chi connectivity index (χ4v) is 6.75. The molecule has 2 aliphatic rings. The van der Waals surface area contributed by atoms with Crippen LogP contribution < -0.4 is 0 Å². The van der Waals surface area contributed by atoms with Gasteiger partial charge in [-0.3, -0.25) is 19.2 Å². The first-order valence-electron chi connectivity index (χ1n) is 21.3. The van der Waals surface area contributed by atoms with Gasteiger partial charge in [-0.1, -0.05) is 173 Å². The highest BCUT2D eigenvalue weighted by Gasteiger charge is 2.33. The van der Waals surface area contributed by atoms with Crippen molar-refractivity contribution in [3.63, 3.8) is 0 Å². The number of rotatable bonds is 32. The van der Waals surface area contributed by atoms with Crippen molar-refractivity contribution in [3.8, 4) is 0 Å². The van der Waals surface area contributed by atoms with Crippen LogP contribution in [0.25, 0.3) is 0 Å². The molecule has 2 fully saturated rings. The summed E-state index contributed by atoms with van der Waals surface area (Å²) in [6.07, 6.45) is 47.7. The molecular weight excluding hydrogens is 624 g/mol. The highest BCUT2D eigenvalue weighted by Crippen LogP contribution is 2.24. The molecule has 288 valence electrons. The minimum Gasteiger partial charge on any atom is -0.393 e. The van der Waals surface area contributed by atoms with Crippen LogP contribution in [0.2, 0.25) is 0 Å². The first kappa shape index (κ1) is 45.8. The van der Waals surface area contributed by atoms with Crippen LogP contribution in [0.4, 0.5) is 0 Å². The first-order chi connectivity index (χ1) is 24.5. The molecule has 6 heteroatoms. The molecule has 2 unspecified atom stereocenters. The SMILES string of the molecule is CCCCC=CCCCCCCCCCCCCC1CC(=O)OC1=O.CCCCCC=CCCCCCCCCCCCC1CC(=O)OC1=O. The van der Waals surface area contributed by atoms with Crippen molar-refractivity contribution in [2.24, 2.45) is 11.8 Å². The van der Waals surface area contributed by atoms with Crippen LogP contribution in [0.5, 0.6) is 0 Å². The molecule has 50 heavy (non-hydrogen) atoms. The highest BCUT2D eigenvalue weighted by atomic mass is 16.6. The second kappa shape index (κ2) is 33.9. The molecular formula is C44H76O6. The number of carbonyl (C=O) groups is 4. The Morgan fingerprint density at radius 3 is 0.980 bits per heavy atom. The maximum atomic E-state index is 11.3. The normalized spacial score (nSPS) is 17.6. The van der Waals surface area contributed by atoms with E-state index in [1.807, 2.05) is 0 Å². The van der Waals surface area contributed by atoms with E-state index in [1.165, 1.54) is 167 Å². The number of esters is 4. The van der Waals surface area contributed by atoms with Crippen molar-refractivity contribution < 1.29 is 28.7 Å². The average molecular weight is 701 g/mol. The summed E-state index contributed by atoms with van der Waals surface area (Å²) in [5.41, 5.74) is 0. The van der Waals surface area contributed by atoms with Crippen molar-refractivity contribution in [3.05, 3.63) is 24.3 Å². The fraction of sp³-hybridized carbons (Fsp3) is 0.818. The number of hydrogen-bond donors (Lipinski definition) is 0. The molecule has 0 N–H and O–H groups in total. The molecule has 0 aliphatic carbocycles. The lowest BCUT2D eigenvalue weighted by Gasteiger charge is -2.04. The van der Waals surface area contributed by atoms with Gasteiger partial charge >= 0.3 is 23.9 Å². The monoisotopic (exact) mass is 701 g/mol. The van der Waals surface area contributed by atoms with E-state index in [2.05, 4.69) is 47.6 Å². The molecule has 2 aliphatic heterocycles. The van der Waals surface area contributed by atoms with Crippen LogP contribution >= 0.6 is 0 Å². The third-order valence-electron chi connectivity index (χ3n) is 10.1. The fourth-order valence-electron chi connectivity index (χ4n) is 6.75. The third-order valence-corrected chi connectivity index (χ3v) is 10.1. The Labute approximate surface area is 307 Å². The highest BCUT2D eigenvalue weighted by molar-refractivity contribution is 5.95. The van der Waals surface area contributed by atoms with E-state index < -0.39 is 0 Å². The molecule has 0 aromatic carbocycles. The Morgan fingerprint density at radius 1 is 0.400 bits per heavy atom. The molecule has 0 saturated carbocycles. The van der Waals surface area contributed by atoms with Gasteiger partial charge in [-0.25, -0.2) is 0 Å². The molecule has 2 saturated heterocycles. The molecule has 2 rings (SSSR count). The summed E-state index contributed by atoms with van der Waals surface area (Å²) in [6.45, 7) is 4.49. The van der Waals surface area contributed by atoms with Crippen LogP contribution in [0.3, 0.4) is 0 Å². The van der Waals surface area contributed by atoms with Gasteiger partial charge in [-0.15, -0.1) is 0 Å². The van der Waals surface area contributed by atoms with E-state index in [1.54, 1.807) is 0 Å². The Hall–Kier alpha value is -2.24. The summed E-state index contributed by atoms with van der Waals surface area (Å²) in [5.74, 6) is -1.62. The summed E-state index contributed by atoms with van der Waals surface area (Å²) < 4.78 is 9.14. The average Bonchev–Trinajstić information content (AvgIpc) is 3.61. The van der Waals surface area contributed by atoms with E-state index in [-0.39, 0.29) is 35.7 Å². The summed E-state index contributed by atoms with van der Waals surface area (Å²) in [5, 5.41) is 0. The van der Waals surface area contributed by atoms with Crippen LogP contribution in [-0.4, -0.2) is 23.9 Å². The molecule has 2 atom stereocenters. The molecule has 0 radical (unpaired) electrons. The van der Waals surface area contributed by atoms with Crippen molar-refractivity contribution >= 4 is 23.9 Å². The van der Waals surface area contributed by atoms with Crippen LogP contribution in [0.15, 0.2) is 24.3 Å². The van der Waals surface area contributed by atoms with Crippen LogP contribution in [-0.2, 0) is 28.7 Å². The van der Waals surface area contributed by atoms with Gasteiger partial charge in [0.1, 0.15) is 0 Å². The zero-order valence-corrected chi connectivity index (χ0v) is 32.5. The summed E-state index contributed by atoms with van der Waals surface area (Å²) in [6, 6.07) is 0. The second-order valence-electron chi connectivity index (χ2n) is 14.8. The van der Waals surface area contributed by atoms with Gasteiger partial charge in [-0.2, -0.15) is 0 Å². The van der Waals surface area contributed by atoms with E-state index in [9.17, 15) is 19.2 Å². The lowest BCUT2D eigenvalue weighted by molar-refractivity contribution is -0.155. The standard InChI is InChI=1S/2C22H38O3/c2*1-2-3-4-5-6-7-8-9-10-11-12-13-14-15-16-17-18-20-19-21(23)25-22(20)24/h6-7,20H,2-5,8-19H2,1H3;5-6,20H,2-4,7-19H2,1H3. The third kappa shape index (κ3) is 27.5. The molecule has 6 nitrogen and oxygen atoms in total. The molecule has 0 aromatic rings. The number of ether oxygens (including phenoxy) is 2. The van der Waals surface area contributed by atoms with Crippen molar-refractivity contribution in [1.82, 2.24) is 0 Å². The van der Waals surface area contributed by atoms with Crippen molar-refractivity contribution in [2.75, 3.05) is 0 Å². The number of allylic oxidation sites excluding steroid dienone is 4. The quantitative estimate of drug-likeness (QED) is 0.0300. The first-order valence-corrected chi connectivity index (χ1v) is 21.3. The minimum absolute atomic E-state index is 0.158. The van der Waals surface area contributed by atoms with Crippen molar-refractivity contribution in [2.45, 2.75) is 219 Å². The summed E-state index contributed by atoms with van der Waals surface area (Å²) in [4.78, 5) is 44.6. The van der Waals surface area contributed by atoms with Gasteiger partial charge < -0.3 is 9.47 Å². The van der Waals surface area contributed by atoms with Gasteiger partial charge in [0.2, 0.25) is 0 Å². The smallest absolute Gasteiger partial charge is 0.317 e. The topological polar surface area (TPSA) is 86.7 Å².